The van der Waals surface area contributed by atoms with Crippen LogP contribution in [0.1, 0.15) is 23.2 Å². The Morgan fingerprint density at radius 2 is 1.85 bits per heavy atom. The number of nitrogens with zero attached hydrogens (tertiary/aromatic N) is 2. The summed E-state index contributed by atoms with van der Waals surface area (Å²) in [4.78, 5) is 39.4. The lowest BCUT2D eigenvalue weighted by molar-refractivity contribution is -0.126. The Morgan fingerprint density at radius 1 is 1.15 bits per heavy atom. The molecule has 0 atom stereocenters. The Morgan fingerprint density at radius 3 is 2.42 bits per heavy atom. The number of carbonyl (C=O) groups excluding carboxylic acids is 3. The van der Waals surface area contributed by atoms with Crippen molar-refractivity contribution in [3.8, 4) is 5.75 Å². The van der Waals surface area contributed by atoms with Crippen LogP contribution in [-0.2, 0) is 9.53 Å². The second-order valence-electron chi connectivity index (χ2n) is 6.21. The van der Waals surface area contributed by atoms with Crippen molar-refractivity contribution in [2.45, 2.75) is 18.9 Å². The van der Waals surface area contributed by atoms with Gasteiger partial charge in [0.1, 0.15) is 12.4 Å². The highest BCUT2D eigenvalue weighted by Gasteiger charge is 2.38. The zero-order valence-corrected chi connectivity index (χ0v) is 15.5. The highest BCUT2D eigenvalue weighted by molar-refractivity contribution is 8.14. The monoisotopic (exact) mass is 378 g/mol. The molecular formula is C18H22N2O5S. The first-order chi connectivity index (χ1) is 12.6. The number of piperidine rings is 1. The molecule has 0 bridgehead atoms. The third kappa shape index (κ3) is 4.19. The minimum atomic E-state index is -0.163. The number of hydrogen-bond acceptors (Lipinski definition) is 6. The Kier molecular flexibility index (Phi) is 6.16. The number of hydrogen-bond donors (Lipinski definition) is 0. The van der Waals surface area contributed by atoms with Crippen LogP contribution < -0.4 is 4.74 Å². The van der Waals surface area contributed by atoms with Crippen LogP contribution in [0.2, 0.25) is 0 Å². The van der Waals surface area contributed by atoms with Gasteiger partial charge in [0.15, 0.2) is 0 Å². The van der Waals surface area contributed by atoms with Crippen LogP contribution in [0.5, 0.6) is 5.75 Å². The van der Waals surface area contributed by atoms with Gasteiger partial charge in [-0.3, -0.25) is 19.3 Å². The van der Waals surface area contributed by atoms with Crippen molar-refractivity contribution in [3.05, 3.63) is 29.8 Å². The first-order valence-corrected chi connectivity index (χ1v) is 9.58. The maximum atomic E-state index is 12.6. The molecule has 3 amide bonds. The minimum absolute atomic E-state index is 0.0414. The summed E-state index contributed by atoms with van der Waals surface area (Å²) in [5.41, 5.74) is 0.603. The van der Waals surface area contributed by atoms with Crippen LogP contribution in [-0.4, -0.2) is 72.1 Å². The molecule has 8 heteroatoms. The zero-order valence-electron chi connectivity index (χ0n) is 14.7. The number of amides is 3. The molecule has 1 aromatic carbocycles. The average Bonchev–Trinajstić information content (AvgIpc) is 3.00. The summed E-state index contributed by atoms with van der Waals surface area (Å²) in [7, 11) is 1.61. The standard InChI is InChI=1S/C18H22N2O5S/c1-24-10-11-25-15-4-2-13(3-5-15)17(22)19-8-6-14(7-9-19)20-16(21)12-26-18(20)23/h2-5,14H,6-12H2,1H3. The Balaban J connectivity index is 1.53. The molecule has 1 aromatic rings. The number of ether oxygens (including phenoxy) is 2. The number of carbonyl (C=O) groups is 3. The second kappa shape index (κ2) is 8.55. The molecule has 0 aromatic heterocycles. The van der Waals surface area contributed by atoms with E-state index in [-0.39, 0.29) is 28.8 Å². The molecule has 0 radical (unpaired) electrons. The maximum absolute atomic E-state index is 12.6. The van der Waals surface area contributed by atoms with E-state index in [4.69, 9.17) is 9.47 Å². The smallest absolute Gasteiger partial charge is 0.289 e. The molecule has 2 saturated heterocycles. The molecular weight excluding hydrogens is 356 g/mol. The van der Waals surface area contributed by atoms with E-state index in [1.54, 1.807) is 36.3 Å². The van der Waals surface area contributed by atoms with Crippen LogP contribution >= 0.6 is 11.8 Å². The molecule has 0 saturated carbocycles. The number of thioether (sulfide) groups is 1. The third-order valence-corrected chi connectivity index (χ3v) is 5.39. The molecule has 2 aliphatic rings. The SMILES string of the molecule is COCCOc1ccc(C(=O)N2CCC(N3C(=O)CSC3=O)CC2)cc1. The normalized spacial score (nSPS) is 18.5. The molecule has 140 valence electrons. The lowest BCUT2D eigenvalue weighted by Gasteiger charge is -2.35. The quantitative estimate of drug-likeness (QED) is 0.705. The fourth-order valence-electron chi connectivity index (χ4n) is 3.16. The van der Waals surface area contributed by atoms with Gasteiger partial charge in [-0.05, 0) is 37.1 Å². The molecule has 0 unspecified atom stereocenters. The number of rotatable bonds is 6. The number of benzene rings is 1. The summed E-state index contributed by atoms with van der Waals surface area (Å²) in [6.45, 7) is 2.05. The molecule has 0 aliphatic carbocycles. The average molecular weight is 378 g/mol. The predicted octanol–water partition coefficient (Wildman–Crippen LogP) is 2.01. The van der Waals surface area contributed by atoms with E-state index in [0.29, 0.717) is 50.5 Å². The summed E-state index contributed by atoms with van der Waals surface area (Å²) in [5.74, 6) is 0.770. The van der Waals surface area contributed by atoms with Crippen LogP contribution in [0.25, 0.3) is 0 Å². The van der Waals surface area contributed by atoms with Gasteiger partial charge in [0, 0.05) is 31.8 Å². The summed E-state index contributed by atoms with van der Waals surface area (Å²) in [6.07, 6.45) is 1.25. The lowest BCUT2D eigenvalue weighted by atomic mass is 10.0. The van der Waals surface area contributed by atoms with Gasteiger partial charge in [0.05, 0.1) is 12.4 Å². The predicted molar refractivity (Wildman–Crippen MR) is 97.4 cm³/mol. The van der Waals surface area contributed by atoms with E-state index < -0.39 is 0 Å². The van der Waals surface area contributed by atoms with Crippen molar-refractivity contribution in [3.63, 3.8) is 0 Å². The highest BCUT2D eigenvalue weighted by atomic mass is 32.2. The number of methoxy groups -OCH3 is 1. The first kappa shape index (κ1) is 18.7. The summed E-state index contributed by atoms with van der Waals surface area (Å²) < 4.78 is 10.4. The van der Waals surface area contributed by atoms with Gasteiger partial charge >= 0.3 is 0 Å². The molecule has 7 nitrogen and oxygen atoms in total. The first-order valence-electron chi connectivity index (χ1n) is 8.60. The second-order valence-corrected chi connectivity index (χ2v) is 7.13. The van der Waals surface area contributed by atoms with Crippen LogP contribution in [0.4, 0.5) is 4.79 Å². The van der Waals surface area contributed by atoms with E-state index in [0.717, 1.165) is 11.8 Å². The highest BCUT2D eigenvalue weighted by Crippen LogP contribution is 2.27. The zero-order chi connectivity index (χ0) is 18.5. The van der Waals surface area contributed by atoms with E-state index in [1.165, 1.54) is 4.90 Å². The fourth-order valence-corrected chi connectivity index (χ4v) is 3.94. The number of imide groups is 1. The van der Waals surface area contributed by atoms with Crippen molar-refractivity contribution < 1.29 is 23.9 Å². The van der Waals surface area contributed by atoms with Crippen molar-refractivity contribution in [1.29, 1.82) is 0 Å². The van der Waals surface area contributed by atoms with E-state index in [1.807, 2.05) is 0 Å². The largest absolute Gasteiger partial charge is 0.491 e. The molecule has 0 spiro atoms. The van der Waals surface area contributed by atoms with Crippen LogP contribution in [0, 0.1) is 0 Å². The Bertz CT molecular complexity index is 655. The Hall–Kier alpha value is -2.06. The fraction of sp³-hybridized carbons (Fsp3) is 0.500. The van der Waals surface area contributed by atoms with E-state index in [9.17, 15) is 14.4 Å². The topological polar surface area (TPSA) is 76.2 Å². The molecule has 2 fully saturated rings. The Labute approximate surface area is 156 Å². The summed E-state index contributed by atoms with van der Waals surface area (Å²) >= 11 is 1.06. The van der Waals surface area contributed by atoms with E-state index in [2.05, 4.69) is 0 Å². The maximum Gasteiger partial charge on any atom is 0.289 e. The van der Waals surface area contributed by atoms with Crippen LogP contribution in [0.3, 0.4) is 0 Å². The number of likely N-dealkylation sites (tertiary alicyclic amines) is 1. The lowest BCUT2D eigenvalue weighted by Crippen LogP contribution is -2.48. The molecule has 26 heavy (non-hydrogen) atoms. The van der Waals surface area contributed by atoms with Gasteiger partial charge in [-0.25, -0.2) is 0 Å². The van der Waals surface area contributed by atoms with Gasteiger partial charge in [-0.1, -0.05) is 11.8 Å². The van der Waals surface area contributed by atoms with Crippen molar-refractivity contribution in [2.24, 2.45) is 0 Å². The van der Waals surface area contributed by atoms with Crippen LogP contribution in [0.15, 0.2) is 24.3 Å². The van der Waals surface area contributed by atoms with E-state index >= 15 is 0 Å². The van der Waals surface area contributed by atoms with Crippen molar-refractivity contribution in [2.75, 3.05) is 39.2 Å². The van der Waals surface area contributed by atoms with Gasteiger partial charge < -0.3 is 14.4 Å². The molecule has 2 aliphatic heterocycles. The van der Waals surface area contributed by atoms with Crippen molar-refractivity contribution in [1.82, 2.24) is 9.80 Å². The van der Waals surface area contributed by atoms with Gasteiger partial charge in [0.25, 0.3) is 11.1 Å². The van der Waals surface area contributed by atoms with Crippen molar-refractivity contribution >= 4 is 28.8 Å². The molecule has 0 N–H and O–H groups in total. The minimum Gasteiger partial charge on any atom is -0.491 e. The van der Waals surface area contributed by atoms with Gasteiger partial charge in [0.2, 0.25) is 5.91 Å². The molecule has 3 rings (SSSR count). The van der Waals surface area contributed by atoms with Gasteiger partial charge in [-0.2, -0.15) is 0 Å². The van der Waals surface area contributed by atoms with Gasteiger partial charge in [-0.15, -0.1) is 0 Å². The summed E-state index contributed by atoms with van der Waals surface area (Å²) in [5, 5.41) is -0.163. The summed E-state index contributed by atoms with van der Waals surface area (Å²) in [6, 6.07) is 6.95. The molecule has 2 heterocycles. The third-order valence-electron chi connectivity index (χ3n) is 4.56.